The van der Waals surface area contributed by atoms with Gasteiger partial charge in [-0.05, 0) is 6.92 Å². The maximum Gasteiger partial charge on any atom is 0.401 e. The maximum atomic E-state index is 11.6. The van der Waals surface area contributed by atoms with Crippen LogP contribution in [-0.4, -0.2) is 45.1 Å². The molecule has 90 valence electrons. The number of nitrogens with one attached hydrogen (secondary N) is 1. The van der Waals surface area contributed by atoms with Crippen LogP contribution in [0.15, 0.2) is 0 Å². The number of carbonyl (C=O) groups is 1. The lowest BCUT2D eigenvalue weighted by Gasteiger charge is -2.08. The summed E-state index contributed by atoms with van der Waals surface area (Å²) in [6, 6.07) is 0. The highest BCUT2D eigenvalue weighted by atomic mass is 19.4. The van der Waals surface area contributed by atoms with Crippen LogP contribution in [0.1, 0.15) is 6.92 Å². The van der Waals surface area contributed by atoms with E-state index in [1.54, 1.807) is 6.92 Å². The van der Waals surface area contributed by atoms with Crippen molar-refractivity contribution in [3.05, 3.63) is 0 Å². The third kappa shape index (κ3) is 11.1. The van der Waals surface area contributed by atoms with Crippen molar-refractivity contribution in [3.8, 4) is 0 Å². The Hall–Kier alpha value is -0.820. The smallest absolute Gasteiger partial charge is 0.401 e. The molecule has 4 nitrogen and oxygen atoms in total. The lowest BCUT2D eigenvalue weighted by atomic mass is 10.5. The molecule has 0 aromatic carbocycles. The first-order valence-electron chi connectivity index (χ1n) is 4.46. The number of ether oxygens (including phenoxy) is 2. The van der Waals surface area contributed by atoms with Gasteiger partial charge in [0.2, 0.25) is 0 Å². The average molecular weight is 229 g/mol. The lowest BCUT2D eigenvalue weighted by Crippen LogP contribution is -2.33. The molecule has 0 heterocycles. The number of carbonyl (C=O) groups excluding carboxylic acids is 1. The molecule has 0 aliphatic heterocycles. The maximum absolute atomic E-state index is 11.6. The number of esters is 1. The molecule has 0 radical (unpaired) electrons. The number of rotatable bonds is 7. The summed E-state index contributed by atoms with van der Waals surface area (Å²) < 4.78 is 44.3. The molecule has 0 unspecified atom stereocenters. The van der Waals surface area contributed by atoms with Crippen LogP contribution in [0.2, 0.25) is 0 Å². The normalized spacial score (nSPS) is 11.5. The van der Waals surface area contributed by atoms with E-state index in [4.69, 9.17) is 4.74 Å². The molecule has 15 heavy (non-hydrogen) atoms. The Balaban J connectivity index is 3.34. The van der Waals surface area contributed by atoms with Crippen molar-refractivity contribution in [3.63, 3.8) is 0 Å². The molecule has 0 spiro atoms. The molecule has 0 rings (SSSR count). The number of hydrogen-bond acceptors (Lipinski definition) is 4. The van der Waals surface area contributed by atoms with Gasteiger partial charge in [-0.1, -0.05) is 0 Å². The summed E-state index contributed by atoms with van der Waals surface area (Å²) in [6.07, 6.45) is -4.31. The second-order valence-electron chi connectivity index (χ2n) is 2.64. The van der Waals surface area contributed by atoms with E-state index in [1.165, 1.54) is 0 Å². The van der Waals surface area contributed by atoms with Gasteiger partial charge in [-0.15, -0.1) is 0 Å². The van der Waals surface area contributed by atoms with Crippen LogP contribution in [-0.2, 0) is 14.3 Å². The highest BCUT2D eigenvalue weighted by Crippen LogP contribution is 2.11. The van der Waals surface area contributed by atoms with Crippen molar-refractivity contribution < 1.29 is 27.4 Å². The monoisotopic (exact) mass is 229 g/mol. The quantitative estimate of drug-likeness (QED) is 0.516. The molecule has 0 saturated heterocycles. The molecule has 0 fully saturated rings. The van der Waals surface area contributed by atoms with E-state index in [0.29, 0.717) is 6.61 Å². The van der Waals surface area contributed by atoms with Gasteiger partial charge in [-0.25, -0.2) is 0 Å². The predicted molar refractivity (Wildman–Crippen MR) is 46.4 cm³/mol. The third-order valence-corrected chi connectivity index (χ3v) is 1.29. The Bertz CT molecular complexity index is 184. The second-order valence-corrected chi connectivity index (χ2v) is 2.64. The first kappa shape index (κ1) is 14.2. The van der Waals surface area contributed by atoms with Crippen molar-refractivity contribution in [2.24, 2.45) is 0 Å². The van der Waals surface area contributed by atoms with E-state index in [9.17, 15) is 18.0 Å². The summed E-state index contributed by atoms with van der Waals surface area (Å²) >= 11 is 0. The Morgan fingerprint density at radius 2 is 2.00 bits per heavy atom. The van der Waals surface area contributed by atoms with Crippen LogP contribution in [0.5, 0.6) is 0 Å². The van der Waals surface area contributed by atoms with Gasteiger partial charge in [0.1, 0.15) is 6.61 Å². The van der Waals surface area contributed by atoms with E-state index in [0.717, 1.165) is 0 Å². The molecule has 0 bridgehead atoms. The zero-order valence-corrected chi connectivity index (χ0v) is 8.39. The van der Waals surface area contributed by atoms with E-state index < -0.39 is 25.2 Å². The SMILES string of the molecule is CCOCCOC(=O)CNCC(F)(F)F. The Labute approximate surface area is 85.7 Å². The average Bonchev–Trinajstić information content (AvgIpc) is 2.10. The van der Waals surface area contributed by atoms with Crippen LogP contribution < -0.4 is 5.32 Å². The largest absolute Gasteiger partial charge is 0.462 e. The fourth-order valence-electron chi connectivity index (χ4n) is 0.716. The molecule has 7 heteroatoms. The Morgan fingerprint density at radius 1 is 1.33 bits per heavy atom. The third-order valence-electron chi connectivity index (χ3n) is 1.29. The van der Waals surface area contributed by atoms with Crippen molar-refractivity contribution in [2.75, 3.05) is 32.9 Å². The van der Waals surface area contributed by atoms with Gasteiger partial charge in [-0.3, -0.25) is 10.1 Å². The van der Waals surface area contributed by atoms with Gasteiger partial charge in [0, 0.05) is 6.61 Å². The van der Waals surface area contributed by atoms with Crippen molar-refractivity contribution in [1.29, 1.82) is 0 Å². The summed E-state index contributed by atoms with van der Waals surface area (Å²) in [5.41, 5.74) is 0. The summed E-state index contributed by atoms with van der Waals surface area (Å²) in [4.78, 5) is 10.8. The second kappa shape index (κ2) is 7.47. The van der Waals surface area contributed by atoms with Crippen molar-refractivity contribution >= 4 is 5.97 Å². The van der Waals surface area contributed by atoms with Gasteiger partial charge in [0.25, 0.3) is 0 Å². The molecular weight excluding hydrogens is 215 g/mol. The minimum absolute atomic E-state index is 0.0559. The van der Waals surface area contributed by atoms with E-state index in [-0.39, 0.29) is 13.2 Å². The van der Waals surface area contributed by atoms with Crippen LogP contribution in [0, 0.1) is 0 Å². The fourth-order valence-corrected chi connectivity index (χ4v) is 0.716. The molecule has 0 amide bonds. The molecule has 0 atom stereocenters. The molecular formula is C8H14F3NO3. The van der Waals surface area contributed by atoms with E-state index in [1.807, 2.05) is 5.32 Å². The van der Waals surface area contributed by atoms with E-state index in [2.05, 4.69) is 4.74 Å². The summed E-state index contributed by atoms with van der Waals surface area (Å²) in [6.45, 7) is 0.942. The first-order valence-corrected chi connectivity index (χ1v) is 4.46. The molecule has 1 N–H and O–H groups in total. The van der Waals surface area contributed by atoms with Gasteiger partial charge < -0.3 is 9.47 Å². The first-order chi connectivity index (χ1) is 6.95. The summed E-state index contributed by atoms with van der Waals surface area (Å²) in [5, 5.41) is 1.93. The highest BCUT2D eigenvalue weighted by molar-refractivity contribution is 5.71. The zero-order valence-electron chi connectivity index (χ0n) is 8.39. The molecule has 0 aliphatic rings. The summed E-state index contributed by atoms with van der Waals surface area (Å²) in [7, 11) is 0. The standard InChI is InChI=1S/C8H14F3NO3/c1-2-14-3-4-15-7(13)5-12-6-8(9,10)11/h12H,2-6H2,1H3. The minimum atomic E-state index is -4.31. The Kier molecular flexibility index (Phi) is 7.06. The fraction of sp³-hybridized carbons (Fsp3) is 0.875. The van der Waals surface area contributed by atoms with Gasteiger partial charge in [0.05, 0.1) is 19.7 Å². The van der Waals surface area contributed by atoms with Crippen molar-refractivity contribution in [1.82, 2.24) is 5.32 Å². The van der Waals surface area contributed by atoms with Crippen LogP contribution >= 0.6 is 0 Å². The minimum Gasteiger partial charge on any atom is -0.462 e. The van der Waals surface area contributed by atoms with E-state index >= 15 is 0 Å². The molecule has 0 aliphatic carbocycles. The molecule has 0 saturated carbocycles. The van der Waals surface area contributed by atoms with Gasteiger partial charge in [-0.2, -0.15) is 13.2 Å². The van der Waals surface area contributed by atoms with Crippen LogP contribution in [0.4, 0.5) is 13.2 Å². The predicted octanol–water partition coefficient (Wildman–Crippen LogP) is 0.718. The van der Waals surface area contributed by atoms with Crippen molar-refractivity contribution in [2.45, 2.75) is 13.1 Å². The topological polar surface area (TPSA) is 47.6 Å². The Morgan fingerprint density at radius 3 is 2.53 bits per heavy atom. The highest BCUT2D eigenvalue weighted by Gasteiger charge is 2.26. The van der Waals surface area contributed by atoms with Gasteiger partial charge in [0.15, 0.2) is 0 Å². The lowest BCUT2D eigenvalue weighted by molar-refractivity contribution is -0.146. The number of hydrogen-bond donors (Lipinski definition) is 1. The van der Waals surface area contributed by atoms with Crippen LogP contribution in [0.3, 0.4) is 0 Å². The zero-order chi connectivity index (χ0) is 11.7. The molecule has 0 aromatic heterocycles. The summed E-state index contributed by atoms with van der Waals surface area (Å²) in [5.74, 6) is -0.723. The number of alkyl halides is 3. The van der Waals surface area contributed by atoms with Gasteiger partial charge >= 0.3 is 12.1 Å². The number of halogens is 3. The van der Waals surface area contributed by atoms with Crippen LogP contribution in [0.25, 0.3) is 0 Å². The molecule has 0 aromatic rings.